The van der Waals surface area contributed by atoms with Gasteiger partial charge in [-0.1, -0.05) is 0 Å². The van der Waals surface area contributed by atoms with Gasteiger partial charge in [-0.15, -0.1) is 0 Å². The van der Waals surface area contributed by atoms with Crippen LogP contribution in [-0.2, 0) is 20.8 Å². The summed E-state index contributed by atoms with van der Waals surface area (Å²) in [6.45, 7) is 3.16. The molecule has 1 aromatic rings. The van der Waals surface area contributed by atoms with Gasteiger partial charge in [-0.3, -0.25) is 4.79 Å². The van der Waals surface area contributed by atoms with Gasteiger partial charge < -0.3 is 24.5 Å². The third kappa shape index (κ3) is 5.02. The number of amides is 1. The first-order valence-corrected chi connectivity index (χ1v) is 6.22. The van der Waals surface area contributed by atoms with Gasteiger partial charge in [0.05, 0.1) is 26.8 Å². The predicted octanol–water partition coefficient (Wildman–Crippen LogP) is 0.227. The smallest absolute Gasteiger partial charge is 0.341 e. The summed E-state index contributed by atoms with van der Waals surface area (Å²) >= 11 is 0. The zero-order valence-electron chi connectivity index (χ0n) is 11.9. The highest BCUT2D eigenvalue weighted by Crippen LogP contribution is 2.15. The Balaban J connectivity index is 2.35. The number of hydrogen-bond donors (Lipinski definition) is 2. The summed E-state index contributed by atoms with van der Waals surface area (Å²) in [5, 5.41) is 5.61. The van der Waals surface area contributed by atoms with Gasteiger partial charge in [0.15, 0.2) is 0 Å². The summed E-state index contributed by atoms with van der Waals surface area (Å²) in [5.74, 6) is 0.513. The molecular formula is C13H20N2O5. The molecule has 1 rings (SSSR count). The van der Waals surface area contributed by atoms with Crippen LogP contribution in [0, 0.1) is 6.92 Å². The second-order valence-corrected chi connectivity index (χ2v) is 4.12. The summed E-state index contributed by atoms with van der Waals surface area (Å²) in [4.78, 5) is 22.8. The minimum Gasteiger partial charge on any atom is -0.465 e. The SMILES string of the molecule is COCCNC(=O)CNCc1cc(C(=O)OC)c(C)o1. The summed E-state index contributed by atoms with van der Waals surface area (Å²) in [7, 11) is 2.89. The molecule has 0 saturated heterocycles. The van der Waals surface area contributed by atoms with Crippen LogP contribution in [0.3, 0.4) is 0 Å². The molecule has 0 spiro atoms. The fraction of sp³-hybridized carbons (Fsp3) is 0.538. The van der Waals surface area contributed by atoms with E-state index in [1.54, 1.807) is 20.1 Å². The molecule has 1 amide bonds. The molecule has 7 nitrogen and oxygen atoms in total. The van der Waals surface area contributed by atoms with Crippen LogP contribution in [0.2, 0.25) is 0 Å². The fourth-order valence-electron chi connectivity index (χ4n) is 1.60. The van der Waals surface area contributed by atoms with Crippen LogP contribution in [0.4, 0.5) is 0 Å². The minimum absolute atomic E-state index is 0.126. The van der Waals surface area contributed by atoms with E-state index >= 15 is 0 Å². The zero-order valence-corrected chi connectivity index (χ0v) is 11.9. The first-order chi connectivity index (χ1) is 9.58. The van der Waals surface area contributed by atoms with Gasteiger partial charge in [-0.2, -0.15) is 0 Å². The van der Waals surface area contributed by atoms with E-state index < -0.39 is 5.97 Å². The van der Waals surface area contributed by atoms with E-state index in [0.29, 0.717) is 36.8 Å². The van der Waals surface area contributed by atoms with Crippen LogP contribution in [-0.4, -0.2) is 45.8 Å². The fourth-order valence-corrected chi connectivity index (χ4v) is 1.60. The quantitative estimate of drug-likeness (QED) is 0.524. The highest BCUT2D eigenvalue weighted by Gasteiger charge is 2.15. The molecule has 7 heteroatoms. The third-order valence-electron chi connectivity index (χ3n) is 2.59. The molecule has 112 valence electrons. The topological polar surface area (TPSA) is 89.8 Å². The van der Waals surface area contributed by atoms with E-state index in [2.05, 4.69) is 15.4 Å². The Hall–Kier alpha value is -1.86. The monoisotopic (exact) mass is 284 g/mol. The van der Waals surface area contributed by atoms with Crippen LogP contribution in [0.25, 0.3) is 0 Å². The maximum Gasteiger partial charge on any atom is 0.341 e. The molecule has 0 atom stereocenters. The first-order valence-electron chi connectivity index (χ1n) is 6.22. The number of aryl methyl sites for hydroxylation is 1. The lowest BCUT2D eigenvalue weighted by atomic mass is 10.2. The average Bonchev–Trinajstić information content (AvgIpc) is 2.79. The maximum absolute atomic E-state index is 11.4. The normalized spacial score (nSPS) is 10.3. The Bertz CT molecular complexity index is 456. The van der Waals surface area contributed by atoms with Gasteiger partial charge in [-0.05, 0) is 13.0 Å². The number of nitrogens with one attached hydrogen (secondary N) is 2. The van der Waals surface area contributed by atoms with Gasteiger partial charge in [0.2, 0.25) is 5.91 Å². The van der Waals surface area contributed by atoms with Crippen LogP contribution in [0.1, 0.15) is 21.9 Å². The van der Waals surface area contributed by atoms with Crippen LogP contribution >= 0.6 is 0 Å². The lowest BCUT2D eigenvalue weighted by Gasteiger charge is -2.04. The molecule has 20 heavy (non-hydrogen) atoms. The highest BCUT2D eigenvalue weighted by molar-refractivity contribution is 5.90. The zero-order chi connectivity index (χ0) is 15.0. The number of carbonyl (C=O) groups excluding carboxylic acids is 2. The summed E-state index contributed by atoms with van der Waals surface area (Å²) < 4.78 is 14.9. The van der Waals surface area contributed by atoms with E-state index in [4.69, 9.17) is 9.15 Å². The molecule has 1 aromatic heterocycles. The standard InChI is InChI=1S/C13H20N2O5/c1-9-11(13(17)19-3)6-10(20-9)7-14-8-12(16)15-4-5-18-2/h6,14H,4-5,7-8H2,1-3H3,(H,15,16). The van der Waals surface area contributed by atoms with Crippen LogP contribution < -0.4 is 10.6 Å². The van der Waals surface area contributed by atoms with Gasteiger partial charge in [0, 0.05) is 13.7 Å². The molecule has 0 bridgehead atoms. The van der Waals surface area contributed by atoms with E-state index in [0.717, 1.165) is 0 Å². The third-order valence-corrected chi connectivity index (χ3v) is 2.59. The van der Waals surface area contributed by atoms with Crippen molar-refractivity contribution in [3.8, 4) is 0 Å². The lowest BCUT2D eigenvalue weighted by Crippen LogP contribution is -2.35. The van der Waals surface area contributed by atoms with Crippen molar-refractivity contribution in [1.82, 2.24) is 10.6 Å². The van der Waals surface area contributed by atoms with Gasteiger partial charge in [0.1, 0.15) is 17.1 Å². The number of rotatable bonds is 8. The highest BCUT2D eigenvalue weighted by atomic mass is 16.5. The summed E-state index contributed by atoms with van der Waals surface area (Å²) in [6, 6.07) is 1.61. The van der Waals surface area contributed by atoms with Crippen molar-refractivity contribution in [1.29, 1.82) is 0 Å². The summed E-state index contributed by atoms with van der Waals surface area (Å²) in [6.07, 6.45) is 0. The first kappa shape index (κ1) is 16.2. The second-order valence-electron chi connectivity index (χ2n) is 4.12. The number of hydrogen-bond acceptors (Lipinski definition) is 6. The van der Waals surface area contributed by atoms with Gasteiger partial charge in [0.25, 0.3) is 0 Å². The molecular weight excluding hydrogens is 264 g/mol. The predicted molar refractivity (Wildman–Crippen MR) is 71.4 cm³/mol. The second kappa shape index (κ2) is 8.34. The van der Waals surface area contributed by atoms with E-state index in [9.17, 15) is 9.59 Å². The van der Waals surface area contributed by atoms with Crippen molar-refractivity contribution >= 4 is 11.9 Å². The Labute approximate surface area is 117 Å². The minimum atomic E-state index is -0.435. The number of methoxy groups -OCH3 is 2. The molecule has 0 radical (unpaired) electrons. The van der Waals surface area contributed by atoms with E-state index in [1.807, 2.05) is 0 Å². The molecule has 0 aliphatic carbocycles. The molecule has 0 aromatic carbocycles. The Kier molecular flexibility index (Phi) is 6.75. The Morgan fingerprint density at radius 1 is 1.35 bits per heavy atom. The molecule has 0 fully saturated rings. The van der Waals surface area contributed by atoms with Crippen molar-refractivity contribution in [3.63, 3.8) is 0 Å². The molecule has 0 saturated carbocycles. The van der Waals surface area contributed by atoms with Crippen molar-refractivity contribution in [2.24, 2.45) is 0 Å². The molecule has 0 aliphatic heterocycles. The van der Waals surface area contributed by atoms with Crippen molar-refractivity contribution in [2.45, 2.75) is 13.5 Å². The van der Waals surface area contributed by atoms with Crippen molar-refractivity contribution in [3.05, 3.63) is 23.2 Å². The van der Waals surface area contributed by atoms with Gasteiger partial charge in [-0.25, -0.2) is 4.79 Å². The largest absolute Gasteiger partial charge is 0.465 e. The maximum atomic E-state index is 11.4. The Morgan fingerprint density at radius 3 is 2.75 bits per heavy atom. The average molecular weight is 284 g/mol. The lowest BCUT2D eigenvalue weighted by molar-refractivity contribution is -0.120. The van der Waals surface area contributed by atoms with Crippen LogP contribution in [0.15, 0.2) is 10.5 Å². The van der Waals surface area contributed by atoms with Gasteiger partial charge >= 0.3 is 5.97 Å². The summed E-state index contributed by atoms with van der Waals surface area (Å²) in [5.41, 5.74) is 0.397. The van der Waals surface area contributed by atoms with Crippen molar-refractivity contribution < 1.29 is 23.5 Å². The van der Waals surface area contributed by atoms with Crippen LogP contribution in [0.5, 0.6) is 0 Å². The number of carbonyl (C=O) groups is 2. The Morgan fingerprint density at radius 2 is 2.10 bits per heavy atom. The number of ether oxygens (including phenoxy) is 2. The van der Waals surface area contributed by atoms with E-state index in [-0.39, 0.29) is 12.5 Å². The molecule has 2 N–H and O–H groups in total. The molecule has 1 heterocycles. The molecule has 0 unspecified atom stereocenters. The number of furan rings is 1. The molecule has 0 aliphatic rings. The van der Waals surface area contributed by atoms with E-state index in [1.165, 1.54) is 7.11 Å². The van der Waals surface area contributed by atoms with Crippen molar-refractivity contribution in [2.75, 3.05) is 33.9 Å². The number of esters is 1.